The summed E-state index contributed by atoms with van der Waals surface area (Å²) in [5.41, 5.74) is 2.48. The molecule has 1 aliphatic heterocycles. The topological polar surface area (TPSA) is 78.4 Å². The van der Waals surface area contributed by atoms with E-state index in [0.717, 1.165) is 5.56 Å². The first-order chi connectivity index (χ1) is 14.0. The van der Waals surface area contributed by atoms with Crippen molar-refractivity contribution < 1.29 is 4.79 Å². The van der Waals surface area contributed by atoms with Crippen molar-refractivity contribution in [1.29, 1.82) is 0 Å². The Bertz CT molecular complexity index is 1240. The van der Waals surface area contributed by atoms with Crippen LogP contribution in [0.25, 0.3) is 17.0 Å². The van der Waals surface area contributed by atoms with E-state index in [0.29, 0.717) is 40.4 Å². The molecule has 0 atom stereocenters. The molecule has 0 aliphatic carbocycles. The van der Waals surface area contributed by atoms with Gasteiger partial charge in [0.25, 0.3) is 11.5 Å². The van der Waals surface area contributed by atoms with Crippen molar-refractivity contribution >= 4 is 34.4 Å². The highest BCUT2D eigenvalue weighted by atomic mass is 16.2. The van der Waals surface area contributed by atoms with Gasteiger partial charge in [-0.05, 0) is 50.1 Å². The molecule has 0 unspecified atom stereocenters. The fraction of sp³-hybridized carbons (Fsp3) is 0.130. The molecular formula is C23H20N4O2. The van der Waals surface area contributed by atoms with Gasteiger partial charge in [0, 0.05) is 0 Å². The lowest BCUT2D eigenvalue weighted by molar-refractivity contribution is -0.113. The summed E-state index contributed by atoms with van der Waals surface area (Å²) in [7, 11) is 0. The molecule has 6 heteroatoms. The van der Waals surface area contributed by atoms with E-state index in [4.69, 9.17) is 0 Å². The molecule has 1 aromatic heterocycles. The van der Waals surface area contributed by atoms with Crippen molar-refractivity contribution in [3.63, 3.8) is 0 Å². The van der Waals surface area contributed by atoms with E-state index in [-0.39, 0.29) is 11.5 Å². The third-order valence-corrected chi connectivity index (χ3v) is 4.65. The van der Waals surface area contributed by atoms with Crippen molar-refractivity contribution in [2.45, 2.75) is 20.3 Å². The Labute approximate surface area is 167 Å². The number of carbonyl (C=O) groups excluding carboxylic acids is 1. The molecule has 1 amide bonds. The lowest BCUT2D eigenvalue weighted by Gasteiger charge is -2.16. The second-order valence-corrected chi connectivity index (χ2v) is 6.79. The summed E-state index contributed by atoms with van der Waals surface area (Å²) in [6, 6.07) is 15.2. The summed E-state index contributed by atoms with van der Waals surface area (Å²) in [4.78, 5) is 38.1. The molecule has 29 heavy (non-hydrogen) atoms. The lowest BCUT2D eigenvalue weighted by atomic mass is 10.2. The number of rotatable bonds is 4. The van der Waals surface area contributed by atoms with Crippen molar-refractivity contribution in [2.75, 3.05) is 4.90 Å². The van der Waals surface area contributed by atoms with Crippen LogP contribution in [0.4, 0.5) is 5.69 Å². The molecule has 0 bridgehead atoms. The summed E-state index contributed by atoms with van der Waals surface area (Å²) in [5, 5.41) is 0.442. The van der Waals surface area contributed by atoms with E-state index in [1.54, 1.807) is 32.0 Å². The Balaban J connectivity index is 1.57. The third kappa shape index (κ3) is 3.78. The largest absolute Gasteiger partial charge is 0.310 e. The number of fused-ring (bicyclic) bond motifs is 1. The van der Waals surface area contributed by atoms with Crippen LogP contribution in [0.15, 0.2) is 76.2 Å². The second kappa shape index (κ2) is 7.67. The molecule has 2 aromatic carbocycles. The van der Waals surface area contributed by atoms with Crippen LogP contribution >= 0.6 is 0 Å². The van der Waals surface area contributed by atoms with Gasteiger partial charge in [0.05, 0.1) is 16.6 Å². The molecule has 0 fully saturated rings. The lowest BCUT2D eigenvalue weighted by Crippen LogP contribution is -2.30. The molecule has 6 nitrogen and oxygen atoms in total. The molecule has 0 spiro atoms. The minimum Gasteiger partial charge on any atom is -0.310 e. The smallest absolute Gasteiger partial charge is 0.282 e. The minimum absolute atomic E-state index is 0.202. The van der Waals surface area contributed by atoms with Gasteiger partial charge in [-0.2, -0.15) is 0 Å². The highest BCUT2D eigenvalue weighted by Gasteiger charge is 2.28. The first-order valence-electron chi connectivity index (χ1n) is 9.35. The van der Waals surface area contributed by atoms with Crippen LogP contribution in [0.1, 0.15) is 24.7 Å². The van der Waals surface area contributed by atoms with Crippen molar-refractivity contribution in [2.24, 2.45) is 4.99 Å². The number of H-pyrrole nitrogens is 1. The number of amides is 1. The first kappa shape index (κ1) is 18.6. The summed E-state index contributed by atoms with van der Waals surface area (Å²) in [6.07, 6.45) is 6.41. The number of aliphatic imine (C=N–C) groups is 1. The molecule has 144 valence electrons. The van der Waals surface area contributed by atoms with Crippen molar-refractivity contribution in [3.05, 3.63) is 88.1 Å². The fourth-order valence-corrected chi connectivity index (χ4v) is 3.30. The number of aryl methyl sites for hydroxylation is 1. The van der Waals surface area contributed by atoms with Crippen LogP contribution in [0.3, 0.4) is 0 Å². The number of anilines is 1. The summed E-state index contributed by atoms with van der Waals surface area (Å²) in [6.45, 7) is 3.51. The van der Waals surface area contributed by atoms with E-state index in [1.165, 1.54) is 4.90 Å². The van der Waals surface area contributed by atoms with Gasteiger partial charge in [-0.15, -0.1) is 0 Å². The Morgan fingerprint density at radius 3 is 2.66 bits per heavy atom. The molecule has 3 aromatic rings. The molecule has 0 radical (unpaired) electrons. The van der Waals surface area contributed by atoms with Gasteiger partial charge in [-0.25, -0.2) is 9.98 Å². The number of nitrogens with one attached hydrogen (secondary N) is 1. The van der Waals surface area contributed by atoms with E-state index < -0.39 is 0 Å². The van der Waals surface area contributed by atoms with Gasteiger partial charge >= 0.3 is 0 Å². The zero-order valence-electron chi connectivity index (χ0n) is 16.2. The van der Waals surface area contributed by atoms with Gasteiger partial charge in [-0.3, -0.25) is 14.5 Å². The Morgan fingerprint density at radius 1 is 1.07 bits per heavy atom. The molecular weight excluding hydrogens is 364 g/mol. The minimum atomic E-state index is -0.225. The van der Waals surface area contributed by atoms with Crippen LogP contribution < -0.4 is 10.5 Å². The van der Waals surface area contributed by atoms with E-state index in [2.05, 4.69) is 15.0 Å². The molecule has 1 N–H and O–H groups in total. The van der Waals surface area contributed by atoms with Gasteiger partial charge in [0.2, 0.25) is 0 Å². The summed E-state index contributed by atoms with van der Waals surface area (Å²) in [5.74, 6) is 0.926. The molecule has 4 rings (SSSR count). The first-order valence-corrected chi connectivity index (χ1v) is 9.35. The van der Waals surface area contributed by atoms with Gasteiger partial charge in [0.15, 0.2) is 0 Å². The number of hydrogen-bond acceptors (Lipinski definition) is 4. The monoisotopic (exact) mass is 384 g/mol. The Hall–Kier alpha value is -3.80. The van der Waals surface area contributed by atoms with E-state index in [9.17, 15) is 9.59 Å². The average molecular weight is 384 g/mol. The van der Waals surface area contributed by atoms with Crippen LogP contribution in [-0.2, 0) is 4.79 Å². The maximum atomic E-state index is 12.9. The van der Waals surface area contributed by atoms with Crippen LogP contribution in [0.2, 0.25) is 0 Å². The summed E-state index contributed by atoms with van der Waals surface area (Å²) < 4.78 is 0. The number of nitrogens with zero attached hydrogens (tertiary/aromatic N) is 3. The van der Waals surface area contributed by atoms with Crippen molar-refractivity contribution in [3.8, 4) is 0 Å². The molecule has 2 heterocycles. The molecule has 0 saturated carbocycles. The van der Waals surface area contributed by atoms with E-state index >= 15 is 0 Å². The predicted octanol–water partition coefficient (Wildman–Crippen LogP) is 3.98. The number of benzene rings is 2. The number of aromatic amines is 1. The number of carbonyl (C=O) groups is 1. The zero-order valence-corrected chi connectivity index (χ0v) is 16.2. The second-order valence-electron chi connectivity index (χ2n) is 6.79. The quantitative estimate of drug-likeness (QED) is 0.691. The Morgan fingerprint density at radius 2 is 1.86 bits per heavy atom. The molecule has 0 saturated heterocycles. The maximum Gasteiger partial charge on any atom is 0.282 e. The SMILES string of the molecule is CC1=N/C(=C/C/C=C/c2ccccc2)C(=O)N1c1ccc2nc(C)[nH]c(=O)c2c1. The van der Waals surface area contributed by atoms with Crippen LogP contribution in [-0.4, -0.2) is 21.7 Å². The number of hydrogen-bond donors (Lipinski definition) is 1. The van der Waals surface area contributed by atoms with Crippen LogP contribution in [0, 0.1) is 6.92 Å². The molecule has 1 aliphatic rings. The standard InChI is InChI=1S/C23H20N4O2/c1-15-24-20-13-12-18(14-19(20)22(28)25-15)27-16(2)26-21(23(27)29)11-7-6-10-17-8-4-3-5-9-17/h3-6,8-14H,7H2,1-2H3,(H,24,25,28)/b10-6+,21-11+. The Kier molecular flexibility index (Phi) is 4.91. The highest BCUT2D eigenvalue weighted by molar-refractivity contribution is 6.27. The maximum absolute atomic E-state index is 12.9. The third-order valence-electron chi connectivity index (χ3n) is 4.65. The zero-order chi connectivity index (χ0) is 20.4. The normalized spacial score (nSPS) is 15.7. The highest BCUT2D eigenvalue weighted by Crippen LogP contribution is 2.26. The van der Waals surface area contributed by atoms with Gasteiger partial charge in [-0.1, -0.05) is 42.5 Å². The fourth-order valence-electron chi connectivity index (χ4n) is 3.30. The van der Waals surface area contributed by atoms with Gasteiger partial charge < -0.3 is 4.98 Å². The van der Waals surface area contributed by atoms with Crippen molar-refractivity contribution in [1.82, 2.24) is 9.97 Å². The van der Waals surface area contributed by atoms with Crippen LogP contribution in [0.5, 0.6) is 0 Å². The van der Waals surface area contributed by atoms with Gasteiger partial charge in [0.1, 0.15) is 17.4 Å². The number of aromatic nitrogens is 2. The number of amidine groups is 1. The summed E-state index contributed by atoms with van der Waals surface area (Å²) >= 11 is 0. The van der Waals surface area contributed by atoms with E-state index in [1.807, 2.05) is 48.6 Å². The average Bonchev–Trinajstić information content (AvgIpc) is 2.99. The predicted molar refractivity (Wildman–Crippen MR) is 116 cm³/mol. The number of allylic oxidation sites excluding steroid dienone is 2.